The third kappa shape index (κ3) is 2.18. The number of hydrogen-bond donors (Lipinski definition) is 0. The molecule has 2 aliphatic heterocycles. The highest BCUT2D eigenvalue weighted by atomic mass is 16.7. The van der Waals surface area contributed by atoms with Crippen molar-refractivity contribution in [2.45, 2.75) is 72.0 Å². The zero-order chi connectivity index (χ0) is 18.2. The van der Waals surface area contributed by atoms with Gasteiger partial charge < -0.3 is 9.47 Å². The molecule has 0 amide bonds. The summed E-state index contributed by atoms with van der Waals surface area (Å²) >= 11 is 0. The molecule has 2 heterocycles. The smallest absolute Gasteiger partial charge is 0.286 e. The molecule has 4 heteroatoms. The Morgan fingerprint density at radius 2 is 1.80 bits per heavy atom. The van der Waals surface area contributed by atoms with Crippen LogP contribution in [0.2, 0.25) is 0 Å². The predicted molar refractivity (Wildman–Crippen MR) is 93.6 cm³/mol. The van der Waals surface area contributed by atoms with Crippen LogP contribution in [0, 0.1) is 22.7 Å². The van der Waals surface area contributed by atoms with Gasteiger partial charge in [-0.2, -0.15) is 0 Å². The van der Waals surface area contributed by atoms with E-state index in [1.54, 1.807) is 6.08 Å². The number of rotatable bonds is 0. The Balaban J connectivity index is 1.81. The summed E-state index contributed by atoms with van der Waals surface area (Å²) in [5, 5.41) is 0. The molecule has 136 valence electrons. The summed E-state index contributed by atoms with van der Waals surface area (Å²) in [6, 6.07) is 0. The number of allylic oxidation sites excluding steroid dienone is 3. The molecular formula is C21H28O4. The van der Waals surface area contributed by atoms with Gasteiger partial charge >= 0.3 is 0 Å². The second-order valence-corrected chi connectivity index (χ2v) is 9.39. The van der Waals surface area contributed by atoms with Crippen LogP contribution in [0.1, 0.15) is 60.3 Å². The molecule has 25 heavy (non-hydrogen) atoms. The SMILES string of the molecule is C[C@@H]1CC(=O)C2=C(O1)O[C@]1(C)CC[C@@H]3C(C)(C)C=CC(=O)[C@]3(C)[C@H]1C2. The highest BCUT2D eigenvalue weighted by Gasteiger charge is 2.64. The third-order valence-corrected chi connectivity index (χ3v) is 7.31. The van der Waals surface area contributed by atoms with E-state index in [9.17, 15) is 9.59 Å². The molecule has 2 aliphatic carbocycles. The first kappa shape index (κ1) is 16.9. The van der Waals surface area contributed by atoms with Gasteiger partial charge in [0.15, 0.2) is 11.6 Å². The van der Waals surface area contributed by atoms with E-state index in [1.807, 2.05) is 6.92 Å². The normalized spacial score (nSPS) is 45.1. The molecule has 0 aromatic rings. The van der Waals surface area contributed by atoms with Crippen LogP contribution in [0.15, 0.2) is 23.7 Å². The Labute approximate surface area is 149 Å². The van der Waals surface area contributed by atoms with Crippen LogP contribution < -0.4 is 0 Å². The minimum Gasteiger partial charge on any atom is -0.462 e. The minimum atomic E-state index is -0.507. The highest BCUT2D eigenvalue weighted by molar-refractivity contribution is 5.98. The summed E-state index contributed by atoms with van der Waals surface area (Å²) in [5.74, 6) is 0.968. The van der Waals surface area contributed by atoms with E-state index in [2.05, 4.69) is 33.8 Å². The van der Waals surface area contributed by atoms with Crippen LogP contribution in [0.5, 0.6) is 0 Å². The molecule has 0 bridgehead atoms. The van der Waals surface area contributed by atoms with Gasteiger partial charge in [-0.1, -0.05) is 26.8 Å². The molecule has 4 rings (SSSR count). The average Bonchev–Trinajstić information content (AvgIpc) is 2.49. The van der Waals surface area contributed by atoms with E-state index in [0.29, 0.717) is 24.4 Å². The van der Waals surface area contributed by atoms with Gasteiger partial charge in [0.25, 0.3) is 5.95 Å². The van der Waals surface area contributed by atoms with Crippen LogP contribution in [0.4, 0.5) is 0 Å². The van der Waals surface area contributed by atoms with Crippen LogP contribution in [0.25, 0.3) is 0 Å². The van der Waals surface area contributed by atoms with E-state index < -0.39 is 11.0 Å². The van der Waals surface area contributed by atoms with Crippen molar-refractivity contribution in [2.24, 2.45) is 22.7 Å². The highest BCUT2D eigenvalue weighted by Crippen LogP contribution is 2.62. The van der Waals surface area contributed by atoms with Gasteiger partial charge in [-0.3, -0.25) is 9.59 Å². The van der Waals surface area contributed by atoms with Gasteiger partial charge in [0.05, 0.1) is 5.57 Å². The number of carbonyl (C=O) groups is 2. The second kappa shape index (κ2) is 4.99. The van der Waals surface area contributed by atoms with Crippen molar-refractivity contribution in [2.75, 3.05) is 0 Å². The lowest BCUT2D eigenvalue weighted by Crippen LogP contribution is -2.62. The van der Waals surface area contributed by atoms with E-state index >= 15 is 0 Å². The number of hydrogen-bond acceptors (Lipinski definition) is 4. The molecule has 0 unspecified atom stereocenters. The number of Topliss-reactive ketones (excluding diaryl/α,β-unsaturated/α-hetero) is 1. The molecule has 0 saturated heterocycles. The quantitative estimate of drug-likeness (QED) is 0.667. The van der Waals surface area contributed by atoms with E-state index in [1.165, 1.54) is 0 Å². The maximum Gasteiger partial charge on any atom is 0.286 e. The molecule has 1 fully saturated rings. The third-order valence-electron chi connectivity index (χ3n) is 7.31. The minimum absolute atomic E-state index is 0.00446. The van der Waals surface area contributed by atoms with Crippen molar-refractivity contribution < 1.29 is 19.1 Å². The van der Waals surface area contributed by atoms with Crippen LogP contribution in [-0.4, -0.2) is 23.3 Å². The fraction of sp³-hybridized carbons (Fsp3) is 0.714. The second-order valence-electron chi connectivity index (χ2n) is 9.39. The van der Waals surface area contributed by atoms with Crippen LogP contribution in [0.3, 0.4) is 0 Å². The zero-order valence-electron chi connectivity index (χ0n) is 15.8. The fourth-order valence-corrected chi connectivity index (χ4v) is 5.90. The lowest BCUT2D eigenvalue weighted by atomic mass is 9.45. The van der Waals surface area contributed by atoms with E-state index in [-0.39, 0.29) is 34.9 Å². The summed E-state index contributed by atoms with van der Waals surface area (Å²) in [7, 11) is 0. The maximum absolute atomic E-state index is 13.1. The molecule has 0 radical (unpaired) electrons. The Bertz CT molecular complexity index is 715. The Hall–Kier alpha value is -1.58. The van der Waals surface area contributed by atoms with Crippen molar-refractivity contribution in [1.29, 1.82) is 0 Å². The van der Waals surface area contributed by atoms with Crippen molar-refractivity contribution in [3.05, 3.63) is 23.7 Å². The summed E-state index contributed by atoms with van der Waals surface area (Å²) in [6.45, 7) is 10.5. The number of ether oxygens (including phenoxy) is 2. The lowest BCUT2D eigenvalue weighted by Gasteiger charge is -2.60. The number of carbonyl (C=O) groups excluding carboxylic acids is 2. The van der Waals surface area contributed by atoms with Gasteiger partial charge in [-0.05, 0) is 50.5 Å². The Morgan fingerprint density at radius 1 is 1.08 bits per heavy atom. The van der Waals surface area contributed by atoms with Gasteiger partial charge in [0.1, 0.15) is 11.7 Å². The van der Waals surface area contributed by atoms with Crippen molar-refractivity contribution in [3.8, 4) is 0 Å². The molecule has 0 N–H and O–H groups in total. The van der Waals surface area contributed by atoms with Gasteiger partial charge in [-0.15, -0.1) is 0 Å². The van der Waals surface area contributed by atoms with E-state index in [4.69, 9.17) is 9.47 Å². The molecule has 0 spiro atoms. The molecule has 0 aromatic heterocycles. The first-order valence-electron chi connectivity index (χ1n) is 9.43. The Morgan fingerprint density at radius 3 is 2.52 bits per heavy atom. The molecule has 4 aliphatic rings. The van der Waals surface area contributed by atoms with Gasteiger partial charge in [-0.25, -0.2) is 0 Å². The van der Waals surface area contributed by atoms with Crippen LogP contribution in [-0.2, 0) is 19.1 Å². The lowest BCUT2D eigenvalue weighted by molar-refractivity contribution is -0.201. The van der Waals surface area contributed by atoms with Crippen molar-refractivity contribution >= 4 is 11.6 Å². The summed E-state index contributed by atoms with van der Waals surface area (Å²) in [5.41, 5.74) is -0.339. The molecule has 4 nitrogen and oxygen atoms in total. The maximum atomic E-state index is 13.1. The van der Waals surface area contributed by atoms with Crippen molar-refractivity contribution in [3.63, 3.8) is 0 Å². The topological polar surface area (TPSA) is 52.6 Å². The van der Waals surface area contributed by atoms with Gasteiger partial charge in [0.2, 0.25) is 0 Å². The van der Waals surface area contributed by atoms with Gasteiger partial charge in [0, 0.05) is 17.8 Å². The van der Waals surface area contributed by atoms with Crippen LogP contribution >= 0.6 is 0 Å². The number of fused-ring (bicyclic) bond motifs is 3. The fourth-order valence-electron chi connectivity index (χ4n) is 5.90. The number of ketones is 2. The molecular weight excluding hydrogens is 316 g/mol. The molecule has 0 aromatic carbocycles. The zero-order valence-corrected chi connectivity index (χ0v) is 15.8. The summed E-state index contributed by atoms with van der Waals surface area (Å²) in [4.78, 5) is 25.6. The first-order chi connectivity index (χ1) is 11.6. The van der Waals surface area contributed by atoms with E-state index in [0.717, 1.165) is 12.8 Å². The Kier molecular flexibility index (Phi) is 3.36. The standard InChI is InChI=1S/C21H28O4/c1-12-10-14(22)13-11-16-20(4,25-18(13)24-12)9-6-15-19(2,3)8-7-17(23)21(15,16)5/h7-8,12,15-16H,6,9-11H2,1-5H3/t12-,15-,16+,20-,21+/m1/s1. The summed E-state index contributed by atoms with van der Waals surface area (Å²) in [6.07, 6.45) is 6.48. The predicted octanol–water partition coefficient (Wildman–Crippen LogP) is 3.95. The largest absolute Gasteiger partial charge is 0.462 e. The first-order valence-corrected chi connectivity index (χ1v) is 9.43. The monoisotopic (exact) mass is 344 g/mol. The van der Waals surface area contributed by atoms with Crippen molar-refractivity contribution in [1.82, 2.24) is 0 Å². The average molecular weight is 344 g/mol. The summed E-state index contributed by atoms with van der Waals surface area (Å²) < 4.78 is 12.2. The molecule has 1 saturated carbocycles. The molecule has 5 atom stereocenters.